The van der Waals surface area contributed by atoms with Gasteiger partial charge in [0.25, 0.3) is 0 Å². The van der Waals surface area contributed by atoms with Crippen LogP contribution in [0.25, 0.3) is 0 Å². The van der Waals surface area contributed by atoms with Crippen LogP contribution in [0.4, 0.5) is 126 Å². The van der Waals surface area contributed by atoms with E-state index in [1.165, 1.54) is 26.4 Å². The van der Waals surface area contributed by atoms with Crippen LogP contribution in [0.15, 0.2) is 159 Å². The van der Waals surface area contributed by atoms with Crippen molar-refractivity contribution in [2.24, 2.45) is 0 Å². The molecule has 3 saturated heterocycles. The molecule has 598 valence electrons. The largest absolute Gasteiger partial charge is 0.495 e. The lowest BCUT2D eigenvalue weighted by molar-refractivity contribution is -0.138. The van der Waals surface area contributed by atoms with Crippen molar-refractivity contribution in [1.29, 1.82) is 0 Å². The summed E-state index contributed by atoms with van der Waals surface area (Å²) in [7, 11) is 4.61. The number of hydrogen-bond donors (Lipinski definition) is 7. The highest BCUT2D eigenvalue weighted by Crippen LogP contribution is 2.41. The number of aromatic nitrogens is 6. The van der Waals surface area contributed by atoms with Gasteiger partial charge >= 0.3 is 18.5 Å². The molecule has 0 aliphatic carbocycles. The van der Waals surface area contributed by atoms with Crippen LogP contribution in [-0.2, 0) is 37.7 Å². The van der Waals surface area contributed by atoms with Crippen molar-refractivity contribution in [3.05, 3.63) is 192 Å². The Kier molecular flexibility index (Phi) is 28.3. The number of alkyl halides is 9. The molecule has 26 nitrogen and oxygen atoms in total. The van der Waals surface area contributed by atoms with E-state index in [0.717, 1.165) is 66.6 Å². The van der Waals surface area contributed by atoms with Crippen molar-refractivity contribution in [2.45, 2.75) is 53.1 Å². The van der Waals surface area contributed by atoms with Crippen LogP contribution >= 0.6 is 11.6 Å². The number of piperazine rings is 3. The van der Waals surface area contributed by atoms with Gasteiger partial charge < -0.3 is 81.2 Å². The van der Waals surface area contributed by atoms with Gasteiger partial charge in [-0.2, -0.15) is 54.5 Å². The second-order valence-corrected chi connectivity index (χ2v) is 26.0. The van der Waals surface area contributed by atoms with Crippen LogP contribution < -0.4 is 66.5 Å². The van der Waals surface area contributed by atoms with Gasteiger partial charge in [0, 0.05) is 176 Å². The predicted molar refractivity (Wildman–Crippen MR) is 417 cm³/mol. The monoisotopic (exact) mass is 1590 g/mol. The van der Waals surface area contributed by atoms with Crippen molar-refractivity contribution in [2.75, 3.05) is 152 Å². The first-order valence-corrected chi connectivity index (χ1v) is 35.4. The zero-order valence-corrected chi connectivity index (χ0v) is 63.5. The molecule has 113 heavy (non-hydrogen) atoms. The molecule has 8 N–H and O–H groups in total. The number of nitrogen functional groups attached to an aromatic ring is 1. The molecule has 3 aliphatic heterocycles. The van der Waals surface area contributed by atoms with Crippen LogP contribution in [0.2, 0.25) is 5.28 Å². The summed E-state index contributed by atoms with van der Waals surface area (Å²) in [5.41, 5.74) is 10.7. The third kappa shape index (κ3) is 23.7. The number of rotatable bonds is 18. The number of halogens is 10. The highest BCUT2D eigenvalue weighted by atomic mass is 35.5. The Hall–Kier alpha value is -12.6. The van der Waals surface area contributed by atoms with E-state index in [2.05, 4.69) is 83.1 Å². The summed E-state index contributed by atoms with van der Waals surface area (Å²) in [4.78, 5) is 80.9. The van der Waals surface area contributed by atoms with Gasteiger partial charge in [-0.15, -0.1) is 0 Å². The summed E-state index contributed by atoms with van der Waals surface area (Å²) < 4.78 is 137. The minimum absolute atomic E-state index is 0.0146. The number of carbonyl (C=O) groups excluding carboxylic acids is 4. The molecule has 9 aromatic rings. The Bertz CT molecular complexity index is 4830. The SMILES string of the molecule is C=CC(=O)Nc1cccc(Nc2nc(Nc3ccc(N4CCN(C(C)=O)CC4)cc3OC)ncc2C(F)(F)F)c1.COc1cc(N2CCN(C(C)=O)CC2)ccc1N.COc1cc(N2CCN(C(C)=O)CC2)ccc1Nc1ncc(C(F)(F)F)c(Nc2cccc(C)c2)n1.Cc1cccc(Nc2nc(Cl)ncc2C(F)(F)F)c1. The maximum Gasteiger partial charge on any atom is 0.421 e. The van der Waals surface area contributed by atoms with E-state index in [1.54, 1.807) is 104 Å². The fraction of sp³-hybridized carbons (Fsp3) is 0.299. The molecule has 0 unspecified atom stereocenters. The van der Waals surface area contributed by atoms with Crippen molar-refractivity contribution in [1.82, 2.24) is 44.6 Å². The summed E-state index contributed by atoms with van der Waals surface area (Å²) in [5, 5.41) is 16.2. The van der Waals surface area contributed by atoms with Crippen molar-refractivity contribution in [3.63, 3.8) is 0 Å². The molecule has 6 heterocycles. The Morgan fingerprint density at radius 3 is 1.13 bits per heavy atom. The molecule has 3 aromatic heterocycles. The summed E-state index contributed by atoms with van der Waals surface area (Å²) in [5.74, 6) is 0.0963. The second-order valence-electron chi connectivity index (χ2n) is 25.6. The third-order valence-electron chi connectivity index (χ3n) is 17.7. The average molecular weight is 1590 g/mol. The van der Waals surface area contributed by atoms with Gasteiger partial charge in [-0.1, -0.05) is 36.9 Å². The van der Waals surface area contributed by atoms with Gasteiger partial charge in [-0.3, -0.25) is 19.2 Å². The fourth-order valence-corrected chi connectivity index (χ4v) is 11.9. The van der Waals surface area contributed by atoms with Crippen LogP contribution in [0, 0.1) is 13.8 Å². The normalized spacial score (nSPS) is 13.6. The first-order valence-electron chi connectivity index (χ1n) is 35.0. The lowest BCUT2D eigenvalue weighted by Crippen LogP contribution is -2.48. The molecule has 0 bridgehead atoms. The molecule has 36 heteroatoms. The van der Waals surface area contributed by atoms with E-state index >= 15 is 0 Å². The Morgan fingerprint density at radius 1 is 0.442 bits per heavy atom. The molecule has 3 fully saturated rings. The van der Waals surface area contributed by atoms with Crippen molar-refractivity contribution >= 4 is 121 Å². The van der Waals surface area contributed by atoms with E-state index in [4.69, 9.17) is 31.5 Å². The summed E-state index contributed by atoms with van der Waals surface area (Å²) in [6.07, 6.45) is -10.7. The molecule has 0 atom stereocenters. The van der Waals surface area contributed by atoms with Gasteiger partial charge in [-0.05, 0) is 122 Å². The van der Waals surface area contributed by atoms with Crippen LogP contribution in [-0.4, -0.2) is 168 Å². The summed E-state index contributed by atoms with van der Waals surface area (Å²) in [6.45, 7) is 20.2. The number of aryl methyl sites for hydroxylation is 2. The molecular weight excluding hydrogens is 1510 g/mol. The number of nitrogens with two attached hydrogens (primary N) is 1. The highest BCUT2D eigenvalue weighted by Gasteiger charge is 2.38. The van der Waals surface area contributed by atoms with Crippen LogP contribution in [0.1, 0.15) is 48.6 Å². The zero-order chi connectivity index (χ0) is 81.9. The van der Waals surface area contributed by atoms with E-state index in [1.807, 2.05) is 67.3 Å². The number of methoxy groups -OCH3 is 3. The molecular formula is C77H83ClF9N19O7. The minimum Gasteiger partial charge on any atom is -0.495 e. The highest BCUT2D eigenvalue weighted by molar-refractivity contribution is 6.28. The van der Waals surface area contributed by atoms with E-state index < -0.39 is 46.9 Å². The Balaban J connectivity index is 0.000000183. The first-order chi connectivity index (χ1) is 53.7. The maximum atomic E-state index is 13.8. The Morgan fingerprint density at radius 2 is 0.779 bits per heavy atom. The topological polar surface area (TPSA) is 291 Å². The van der Waals surface area contributed by atoms with E-state index in [9.17, 15) is 58.7 Å². The lowest BCUT2D eigenvalue weighted by atomic mass is 10.2. The molecule has 0 spiro atoms. The van der Waals surface area contributed by atoms with Crippen molar-refractivity contribution in [3.8, 4) is 17.2 Å². The van der Waals surface area contributed by atoms with Crippen molar-refractivity contribution < 1.29 is 72.9 Å². The fourth-order valence-electron chi connectivity index (χ4n) is 11.8. The van der Waals surface area contributed by atoms with Gasteiger partial charge in [0.1, 0.15) is 51.4 Å². The molecule has 0 radical (unpaired) electrons. The number of nitrogens with zero attached hydrogens (tertiary/aromatic N) is 12. The second kappa shape index (κ2) is 37.9. The van der Waals surface area contributed by atoms with Gasteiger partial charge in [0.05, 0.1) is 38.4 Å². The van der Waals surface area contributed by atoms with Gasteiger partial charge in [0.2, 0.25) is 40.8 Å². The smallest absolute Gasteiger partial charge is 0.421 e. The minimum atomic E-state index is -4.72. The zero-order valence-electron chi connectivity index (χ0n) is 62.7. The van der Waals surface area contributed by atoms with Gasteiger partial charge in [-0.25, -0.2) is 15.0 Å². The number of hydrogen-bond acceptors (Lipinski definition) is 22. The number of benzene rings is 6. The van der Waals surface area contributed by atoms with E-state index in [-0.39, 0.29) is 52.2 Å². The quantitative estimate of drug-likeness (QED) is 0.0182. The molecule has 3 aliphatic rings. The lowest BCUT2D eigenvalue weighted by Gasteiger charge is -2.35. The number of ether oxygens (including phenoxy) is 3. The summed E-state index contributed by atoms with van der Waals surface area (Å²) >= 11 is 5.53. The number of carbonyl (C=O) groups is 4. The first kappa shape index (κ1) is 84.5. The average Bonchev–Trinajstić information content (AvgIpc) is 0.811. The number of nitrogens with one attached hydrogen (secondary N) is 6. The summed E-state index contributed by atoms with van der Waals surface area (Å²) in [6, 6.07) is 36.7. The molecule has 4 amide bonds. The third-order valence-corrected chi connectivity index (χ3v) is 17.9. The van der Waals surface area contributed by atoms with E-state index in [0.29, 0.717) is 116 Å². The predicted octanol–water partition coefficient (Wildman–Crippen LogP) is 14.9. The molecule has 6 aromatic carbocycles. The molecule has 12 rings (SSSR count). The van der Waals surface area contributed by atoms with Crippen LogP contribution in [0.3, 0.4) is 0 Å². The Labute approximate surface area is 650 Å². The van der Waals surface area contributed by atoms with Crippen LogP contribution in [0.5, 0.6) is 17.2 Å². The number of anilines is 15. The number of amides is 4. The van der Waals surface area contributed by atoms with Gasteiger partial charge in [0.15, 0.2) is 0 Å². The molecule has 0 saturated carbocycles. The standard InChI is InChI=1S/C27H28F3N7O3.C25H27F3N6O2.C13H19N3O2.C12H9ClF3N3/c1-4-24(39)32-18-6-5-7-19(14-18)33-25-21(27(28,29)30)16-31-26(35-25)34-22-9-8-20(15-23(22)40-3)37-12-10-36(11-13-37)17(2)38;1-16-5-4-6-18(13-16)30-23-20(25(26,27)28)15-29-24(32-23)31-21-8-7-19(14-22(21)36-3)34-11-9-33(10-12-34)17(2)35;1-10(17)15-5-7-16(8-6-15)11-3-4-12(14)13(9-11)18-2;1-7-3-2-4-8(5-7)18-10-9(12(14,15)16)6-17-11(13)19-10/h4-9,14-16H,1,10-13H2,2-3H3,(H,32,39)(H2,31,33,34,35);4-8,13-15H,9-12H2,1-3H3,(H2,29,30,31,32);3-4,9H,5-8,14H2,1-2H3;2-6H,1H3,(H,17,18,19). The maximum absolute atomic E-state index is 13.8.